The second-order valence-corrected chi connectivity index (χ2v) is 10.0. The third-order valence-electron chi connectivity index (χ3n) is 7.04. The molecule has 5 rings (SSSR count). The Morgan fingerprint density at radius 3 is 2.46 bits per heavy atom. The molecule has 3 heterocycles. The first-order valence-corrected chi connectivity index (χ1v) is 13.0. The molecular formula is C28H26ClF3N6O. The third-order valence-corrected chi connectivity index (χ3v) is 7.30. The zero-order valence-corrected chi connectivity index (χ0v) is 21.8. The van der Waals surface area contributed by atoms with Gasteiger partial charge in [-0.2, -0.15) is 18.4 Å². The van der Waals surface area contributed by atoms with Crippen LogP contribution in [-0.4, -0.2) is 64.5 Å². The highest BCUT2D eigenvalue weighted by molar-refractivity contribution is 6.30. The molecule has 0 N–H and O–H groups in total. The summed E-state index contributed by atoms with van der Waals surface area (Å²) in [5.74, 6) is 0.112. The summed E-state index contributed by atoms with van der Waals surface area (Å²) in [7, 11) is 0. The van der Waals surface area contributed by atoms with Crippen LogP contribution >= 0.6 is 11.6 Å². The van der Waals surface area contributed by atoms with E-state index >= 15 is 0 Å². The van der Waals surface area contributed by atoms with Crippen molar-refractivity contribution in [3.63, 3.8) is 0 Å². The van der Waals surface area contributed by atoms with E-state index in [9.17, 15) is 23.2 Å². The molecular weight excluding hydrogens is 529 g/mol. The lowest BCUT2D eigenvalue weighted by atomic mass is 10.1. The smallest absolute Gasteiger partial charge is 0.300 e. The van der Waals surface area contributed by atoms with Gasteiger partial charge in [-0.1, -0.05) is 35.9 Å². The molecule has 11 heteroatoms. The average Bonchev–Trinajstić information content (AvgIpc) is 3.37. The van der Waals surface area contributed by atoms with Crippen molar-refractivity contribution in [1.29, 1.82) is 5.26 Å². The fourth-order valence-corrected chi connectivity index (χ4v) is 5.08. The molecule has 2 aromatic carbocycles. The summed E-state index contributed by atoms with van der Waals surface area (Å²) in [4.78, 5) is 23.5. The molecule has 0 unspecified atom stereocenters. The maximum Gasteiger partial charge on any atom is 0.416 e. The quantitative estimate of drug-likeness (QED) is 0.435. The Morgan fingerprint density at radius 1 is 1.05 bits per heavy atom. The van der Waals surface area contributed by atoms with Crippen molar-refractivity contribution in [2.24, 2.45) is 0 Å². The molecule has 7 nitrogen and oxygen atoms in total. The van der Waals surface area contributed by atoms with Crippen LogP contribution in [0.3, 0.4) is 0 Å². The van der Waals surface area contributed by atoms with Gasteiger partial charge in [-0.3, -0.25) is 19.2 Å². The van der Waals surface area contributed by atoms with Gasteiger partial charge in [0.25, 0.3) is 0 Å². The summed E-state index contributed by atoms with van der Waals surface area (Å²) >= 11 is 5.97. The summed E-state index contributed by atoms with van der Waals surface area (Å²) in [6.45, 7) is 5.00. The molecule has 0 spiro atoms. The minimum atomic E-state index is -4.48. The zero-order chi connectivity index (χ0) is 27.6. The second-order valence-electron chi connectivity index (χ2n) is 9.57. The molecule has 2 aliphatic heterocycles. The highest BCUT2D eigenvalue weighted by Crippen LogP contribution is 2.35. The first-order valence-electron chi connectivity index (χ1n) is 12.6. The summed E-state index contributed by atoms with van der Waals surface area (Å²) < 4.78 is 41.4. The number of rotatable bonds is 6. The van der Waals surface area contributed by atoms with Crippen LogP contribution in [0.4, 0.5) is 19.0 Å². The van der Waals surface area contributed by atoms with Gasteiger partial charge in [-0.05, 0) is 41.5 Å². The SMILES string of the molecule is N#Cc1ncn2c1N(C(=O)CCN1CCN(Cc3ccc(Cl)cc3)CC1)CC=C2c1cccc(C(F)(F)F)c1. The number of nitriles is 1. The van der Waals surface area contributed by atoms with Gasteiger partial charge in [0.15, 0.2) is 11.5 Å². The molecule has 0 aliphatic carbocycles. The summed E-state index contributed by atoms with van der Waals surface area (Å²) in [6.07, 6.45) is -1.16. The van der Waals surface area contributed by atoms with Gasteiger partial charge in [0.1, 0.15) is 12.4 Å². The van der Waals surface area contributed by atoms with E-state index in [1.54, 1.807) is 12.1 Å². The lowest BCUT2D eigenvalue weighted by molar-refractivity contribution is -0.137. The number of alkyl halides is 3. The standard InChI is InChI=1S/C28H26ClF3N6O/c29-23-6-4-20(5-7-23)18-36-14-12-35(13-15-36)10-9-26(39)37-11-8-25(38-19-34-24(17-33)27(37)38)21-2-1-3-22(16-21)28(30,31)32/h1-8,16,19H,9-15,18H2. The molecule has 0 radical (unpaired) electrons. The lowest BCUT2D eigenvalue weighted by Gasteiger charge is -2.35. The van der Waals surface area contributed by atoms with Crippen LogP contribution in [0.25, 0.3) is 5.70 Å². The van der Waals surface area contributed by atoms with Crippen molar-refractivity contribution in [2.45, 2.75) is 19.1 Å². The fourth-order valence-electron chi connectivity index (χ4n) is 4.96. The van der Waals surface area contributed by atoms with Gasteiger partial charge >= 0.3 is 6.18 Å². The molecule has 1 aromatic heterocycles. The molecule has 1 saturated heterocycles. The van der Waals surface area contributed by atoms with Crippen LogP contribution < -0.4 is 4.90 Å². The molecule has 202 valence electrons. The van der Waals surface area contributed by atoms with Gasteiger partial charge < -0.3 is 4.90 Å². The third kappa shape index (κ3) is 6.01. The lowest BCUT2D eigenvalue weighted by Crippen LogP contribution is -2.47. The number of fused-ring (bicyclic) bond motifs is 1. The van der Waals surface area contributed by atoms with Crippen molar-refractivity contribution in [3.05, 3.63) is 88.3 Å². The summed E-state index contributed by atoms with van der Waals surface area (Å²) in [5, 5.41) is 10.3. The first-order chi connectivity index (χ1) is 18.7. The number of nitrogens with zero attached hydrogens (tertiary/aromatic N) is 6. The molecule has 2 aliphatic rings. The van der Waals surface area contributed by atoms with Crippen LogP contribution in [-0.2, 0) is 17.5 Å². The second kappa shape index (κ2) is 11.2. The number of imidazole rings is 1. The van der Waals surface area contributed by atoms with Gasteiger partial charge in [0.05, 0.1) is 11.3 Å². The number of carbonyl (C=O) groups excluding carboxylic acids is 1. The van der Waals surface area contributed by atoms with Crippen LogP contribution in [0.1, 0.15) is 28.8 Å². The number of amides is 1. The summed E-state index contributed by atoms with van der Waals surface area (Å²) in [6, 6.07) is 14.8. The van der Waals surface area contributed by atoms with Gasteiger partial charge in [0, 0.05) is 57.3 Å². The highest BCUT2D eigenvalue weighted by atomic mass is 35.5. The number of halogens is 4. The average molecular weight is 555 g/mol. The predicted octanol–water partition coefficient (Wildman–Crippen LogP) is 4.87. The zero-order valence-electron chi connectivity index (χ0n) is 21.0. The fraction of sp³-hybridized carbons (Fsp3) is 0.321. The van der Waals surface area contributed by atoms with Crippen molar-refractivity contribution in [2.75, 3.05) is 44.2 Å². The van der Waals surface area contributed by atoms with E-state index in [2.05, 4.69) is 14.8 Å². The number of hydrogen-bond donors (Lipinski definition) is 0. The van der Waals surface area contributed by atoms with Crippen LogP contribution in [0, 0.1) is 11.3 Å². The largest absolute Gasteiger partial charge is 0.416 e. The van der Waals surface area contributed by atoms with Crippen molar-refractivity contribution >= 4 is 29.0 Å². The van der Waals surface area contributed by atoms with E-state index < -0.39 is 11.7 Å². The number of benzene rings is 2. The molecule has 0 bridgehead atoms. The Kier molecular flexibility index (Phi) is 7.75. The molecule has 39 heavy (non-hydrogen) atoms. The highest BCUT2D eigenvalue weighted by Gasteiger charge is 2.32. The number of piperazine rings is 1. The Morgan fingerprint density at radius 2 is 1.77 bits per heavy atom. The molecule has 0 saturated carbocycles. The number of hydrogen-bond acceptors (Lipinski definition) is 5. The van der Waals surface area contributed by atoms with Gasteiger partial charge in [0.2, 0.25) is 5.91 Å². The van der Waals surface area contributed by atoms with Crippen molar-refractivity contribution in [1.82, 2.24) is 19.4 Å². The predicted molar refractivity (Wildman–Crippen MR) is 142 cm³/mol. The van der Waals surface area contributed by atoms with Crippen LogP contribution in [0.2, 0.25) is 5.02 Å². The van der Waals surface area contributed by atoms with E-state index in [0.717, 1.165) is 44.9 Å². The number of anilines is 1. The molecule has 1 amide bonds. The van der Waals surface area contributed by atoms with Gasteiger partial charge in [-0.25, -0.2) is 4.98 Å². The Labute approximate surface area is 229 Å². The van der Waals surface area contributed by atoms with Crippen molar-refractivity contribution in [3.8, 4) is 6.07 Å². The normalized spacial score (nSPS) is 16.5. The minimum absolute atomic E-state index is 0.0525. The van der Waals surface area contributed by atoms with E-state index in [1.807, 2.05) is 30.3 Å². The maximum atomic E-state index is 13.3. The molecule has 3 aromatic rings. The van der Waals surface area contributed by atoms with E-state index in [-0.39, 0.29) is 30.4 Å². The molecule has 0 atom stereocenters. The van der Waals surface area contributed by atoms with E-state index in [4.69, 9.17) is 11.6 Å². The summed E-state index contributed by atoms with van der Waals surface area (Å²) in [5.41, 5.74) is 1.27. The topological polar surface area (TPSA) is 68.4 Å². The van der Waals surface area contributed by atoms with E-state index in [0.29, 0.717) is 22.8 Å². The Hall–Kier alpha value is -3.65. The van der Waals surface area contributed by atoms with Crippen LogP contribution in [0.15, 0.2) is 60.9 Å². The Bertz CT molecular complexity index is 1420. The van der Waals surface area contributed by atoms with Gasteiger partial charge in [-0.15, -0.1) is 0 Å². The monoisotopic (exact) mass is 554 g/mol. The number of aromatic nitrogens is 2. The maximum absolute atomic E-state index is 13.3. The first kappa shape index (κ1) is 26.9. The van der Waals surface area contributed by atoms with E-state index in [1.165, 1.54) is 27.4 Å². The molecule has 1 fully saturated rings. The van der Waals surface area contributed by atoms with Crippen LogP contribution in [0.5, 0.6) is 0 Å². The number of carbonyl (C=O) groups is 1. The minimum Gasteiger partial charge on any atom is -0.300 e. The Balaban J connectivity index is 1.23. The van der Waals surface area contributed by atoms with Crippen molar-refractivity contribution < 1.29 is 18.0 Å².